The molecule has 13 heteroatoms. The molecular formula is C25H28F3N5O5. The Labute approximate surface area is 216 Å². The predicted octanol–water partition coefficient (Wildman–Crippen LogP) is 2.85. The quantitative estimate of drug-likeness (QED) is 0.546. The average molecular weight is 536 g/mol. The number of rotatable bonds is 4. The van der Waals surface area contributed by atoms with Crippen molar-refractivity contribution in [1.29, 1.82) is 5.26 Å². The lowest BCUT2D eigenvalue weighted by Gasteiger charge is -2.44. The van der Waals surface area contributed by atoms with Gasteiger partial charge >= 0.3 is 12.3 Å². The minimum Gasteiger partial charge on any atom is -0.494 e. The smallest absolute Gasteiger partial charge is 0.417 e. The molecule has 5 rings (SSSR count). The minimum absolute atomic E-state index is 0.122. The number of hydrogen-bond acceptors (Lipinski definition) is 7. The highest BCUT2D eigenvalue weighted by Crippen LogP contribution is 2.59. The highest BCUT2D eigenvalue weighted by atomic mass is 19.4. The summed E-state index contributed by atoms with van der Waals surface area (Å²) in [7, 11) is 0. The number of aromatic nitrogens is 1. The fourth-order valence-corrected chi connectivity index (χ4v) is 6.13. The number of nitrogens with zero attached hydrogens (tertiary/aromatic N) is 5. The molecule has 2 fully saturated rings. The van der Waals surface area contributed by atoms with E-state index in [1.165, 1.54) is 17.0 Å². The van der Waals surface area contributed by atoms with E-state index in [2.05, 4.69) is 9.80 Å². The number of halogens is 3. The third-order valence-corrected chi connectivity index (χ3v) is 7.74. The number of piperazine rings is 1. The maximum Gasteiger partial charge on any atom is 0.417 e. The summed E-state index contributed by atoms with van der Waals surface area (Å²) in [6, 6.07) is 4.54. The van der Waals surface area contributed by atoms with Crippen molar-refractivity contribution < 1.29 is 38.0 Å². The van der Waals surface area contributed by atoms with Gasteiger partial charge in [0, 0.05) is 52.4 Å². The van der Waals surface area contributed by atoms with Crippen molar-refractivity contribution in [2.75, 3.05) is 52.4 Å². The molecule has 3 aliphatic heterocycles. The molecule has 1 aromatic heterocycles. The topological polar surface area (TPSA) is 125 Å². The standard InChI is InChI=1S/C25H28F3N5O5/c1-23-13-31(6-5-30-7-9-32(10-8-30)22(36)37)14-24(2,38-23)19-18(23)20(34)33(21(19)35)16-4-3-15(12-29)17(11-16)25(26,27)28/h3-4,11,34-35H,5-10,13-14H2,1-2H3,(H,36,37). The van der Waals surface area contributed by atoms with E-state index in [1.807, 2.05) is 0 Å². The Morgan fingerprint density at radius 2 is 1.58 bits per heavy atom. The normalized spacial score (nSPS) is 25.8. The van der Waals surface area contributed by atoms with Crippen LogP contribution >= 0.6 is 0 Å². The molecule has 0 spiro atoms. The van der Waals surface area contributed by atoms with Crippen LogP contribution in [0.3, 0.4) is 0 Å². The van der Waals surface area contributed by atoms with E-state index in [0.29, 0.717) is 63.5 Å². The zero-order chi connectivity index (χ0) is 27.6. The summed E-state index contributed by atoms with van der Waals surface area (Å²) in [5, 5.41) is 40.7. The summed E-state index contributed by atoms with van der Waals surface area (Å²) >= 11 is 0. The molecule has 2 atom stereocenters. The molecule has 1 aromatic carbocycles. The van der Waals surface area contributed by atoms with Gasteiger partial charge in [0.05, 0.1) is 34.0 Å². The van der Waals surface area contributed by atoms with Crippen LogP contribution in [-0.2, 0) is 22.1 Å². The van der Waals surface area contributed by atoms with E-state index in [0.717, 1.165) is 16.7 Å². The number of amides is 1. The van der Waals surface area contributed by atoms with E-state index < -0.39 is 46.4 Å². The van der Waals surface area contributed by atoms with Crippen LogP contribution in [0.5, 0.6) is 11.8 Å². The Bertz CT molecular complexity index is 1290. The van der Waals surface area contributed by atoms with E-state index in [-0.39, 0.29) is 5.69 Å². The van der Waals surface area contributed by atoms with Crippen LogP contribution in [0.15, 0.2) is 18.2 Å². The van der Waals surface area contributed by atoms with Gasteiger partial charge in [-0.15, -0.1) is 0 Å². The summed E-state index contributed by atoms with van der Waals surface area (Å²) in [5.41, 5.74) is -3.24. The third-order valence-electron chi connectivity index (χ3n) is 7.74. The summed E-state index contributed by atoms with van der Waals surface area (Å²) in [4.78, 5) is 16.9. The number of morpholine rings is 1. The van der Waals surface area contributed by atoms with E-state index in [4.69, 9.17) is 15.1 Å². The number of carbonyl (C=O) groups is 1. The monoisotopic (exact) mass is 535 g/mol. The predicted molar refractivity (Wildman–Crippen MR) is 127 cm³/mol. The van der Waals surface area contributed by atoms with Crippen molar-refractivity contribution in [3.8, 4) is 23.5 Å². The number of carboxylic acid groups (broad SMARTS) is 1. The molecule has 204 valence electrons. The van der Waals surface area contributed by atoms with Crippen molar-refractivity contribution >= 4 is 6.09 Å². The first-order chi connectivity index (χ1) is 17.8. The molecule has 3 N–H and O–H groups in total. The van der Waals surface area contributed by atoms with Crippen molar-refractivity contribution in [3.63, 3.8) is 0 Å². The molecule has 0 aliphatic carbocycles. The van der Waals surface area contributed by atoms with Crippen molar-refractivity contribution in [2.45, 2.75) is 31.2 Å². The highest BCUT2D eigenvalue weighted by molar-refractivity contribution is 5.65. The van der Waals surface area contributed by atoms with Gasteiger partial charge in [-0.05, 0) is 32.0 Å². The minimum atomic E-state index is -4.79. The fraction of sp³-hybridized carbons (Fsp3) is 0.520. The van der Waals surface area contributed by atoms with Crippen LogP contribution in [0, 0.1) is 11.3 Å². The van der Waals surface area contributed by atoms with Gasteiger partial charge in [-0.1, -0.05) is 0 Å². The second-order valence-electron chi connectivity index (χ2n) is 10.5. The molecule has 2 aromatic rings. The first kappa shape index (κ1) is 26.1. The molecule has 0 radical (unpaired) electrons. The van der Waals surface area contributed by atoms with E-state index in [9.17, 15) is 28.2 Å². The lowest BCUT2D eigenvalue weighted by molar-refractivity contribution is -0.187. The number of aromatic hydroxyl groups is 2. The van der Waals surface area contributed by atoms with Crippen LogP contribution in [0.25, 0.3) is 5.69 Å². The van der Waals surface area contributed by atoms with Gasteiger partial charge in [0.25, 0.3) is 0 Å². The molecule has 0 saturated carbocycles. The second-order valence-corrected chi connectivity index (χ2v) is 10.5. The van der Waals surface area contributed by atoms with Crippen LogP contribution in [0.1, 0.15) is 36.1 Å². The Morgan fingerprint density at radius 1 is 1.03 bits per heavy atom. The lowest BCUT2D eigenvalue weighted by atomic mass is 9.94. The van der Waals surface area contributed by atoms with E-state index >= 15 is 0 Å². The largest absolute Gasteiger partial charge is 0.494 e. The molecular weight excluding hydrogens is 507 g/mol. The van der Waals surface area contributed by atoms with Gasteiger partial charge in [-0.3, -0.25) is 14.4 Å². The van der Waals surface area contributed by atoms with Crippen molar-refractivity contribution in [1.82, 2.24) is 19.3 Å². The van der Waals surface area contributed by atoms with Crippen LogP contribution in [0.4, 0.5) is 18.0 Å². The SMILES string of the molecule is CC12CN(CCN3CCN(C(=O)O)CC3)CC(C)(O1)c1c2c(O)n(-c2ccc(C#N)c(C(F)(F)F)c2)c1O. The Balaban J connectivity index is 1.41. The molecule has 1 amide bonds. The summed E-state index contributed by atoms with van der Waals surface area (Å²) in [6.45, 7) is 7.80. The molecule has 2 bridgehead atoms. The molecule has 3 aliphatic rings. The Morgan fingerprint density at radius 3 is 2.08 bits per heavy atom. The molecule has 2 saturated heterocycles. The van der Waals surface area contributed by atoms with Gasteiger partial charge in [-0.25, -0.2) is 4.79 Å². The zero-order valence-electron chi connectivity index (χ0n) is 20.9. The first-order valence-corrected chi connectivity index (χ1v) is 12.2. The van der Waals surface area contributed by atoms with Gasteiger partial charge in [0.1, 0.15) is 11.2 Å². The van der Waals surface area contributed by atoms with E-state index in [1.54, 1.807) is 13.8 Å². The van der Waals surface area contributed by atoms with Crippen LogP contribution in [0.2, 0.25) is 0 Å². The molecule has 4 heterocycles. The van der Waals surface area contributed by atoms with Gasteiger partial charge in [-0.2, -0.15) is 18.4 Å². The molecule has 38 heavy (non-hydrogen) atoms. The maximum atomic E-state index is 13.6. The Kier molecular flexibility index (Phi) is 6.05. The summed E-state index contributed by atoms with van der Waals surface area (Å²) in [6.07, 6.45) is -5.71. The number of nitriles is 1. The van der Waals surface area contributed by atoms with Gasteiger partial charge < -0.3 is 25.0 Å². The molecule has 10 nitrogen and oxygen atoms in total. The molecule has 2 unspecified atom stereocenters. The second kappa shape index (κ2) is 8.79. The van der Waals surface area contributed by atoms with Gasteiger partial charge in [0.15, 0.2) is 0 Å². The third kappa shape index (κ3) is 4.13. The van der Waals surface area contributed by atoms with Crippen molar-refractivity contribution in [3.05, 3.63) is 40.5 Å². The zero-order valence-corrected chi connectivity index (χ0v) is 20.9. The number of ether oxygens (including phenoxy) is 1. The average Bonchev–Trinajstić information content (AvgIpc) is 3.22. The van der Waals surface area contributed by atoms with Gasteiger partial charge in [0.2, 0.25) is 11.8 Å². The lowest BCUT2D eigenvalue weighted by Crippen LogP contribution is -2.54. The van der Waals surface area contributed by atoms with Crippen LogP contribution in [-0.4, -0.2) is 93.0 Å². The fourth-order valence-electron chi connectivity index (χ4n) is 6.13. The number of alkyl halides is 3. The van der Waals surface area contributed by atoms with Crippen molar-refractivity contribution in [2.24, 2.45) is 0 Å². The maximum absolute atomic E-state index is 13.6. The summed E-state index contributed by atoms with van der Waals surface area (Å²) in [5.74, 6) is -0.818. The number of benzene rings is 1. The first-order valence-electron chi connectivity index (χ1n) is 12.2. The number of fused-ring (bicyclic) bond motifs is 5. The Hall–Kier alpha value is -3.47. The highest BCUT2D eigenvalue weighted by Gasteiger charge is 2.58. The summed E-state index contributed by atoms with van der Waals surface area (Å²) < 4.78 is 48.0. The van der Waals surface area contributed by atoms with Crippen LogP contribution < -0.4 is 0 Å². The number of hydrogen-bond donors (Lipinski definition) is 3.